The van der Waals surface area contributed by atoms with E-state index in [2.05, 4.69) is 19.7 Å². The molecule has 2 aromatic heterocycles. The molecule has 7 nitrogen and oxygen atoms in total. The fourth-order valence-electron chi connectivity index (χ4n) is 3.50. The summed E-state index contributed by atoms with van der Waals surface area (Å²) < 4.78 is 2.08. The molecule has 3 N–H and O–H groups in total. The highest BCUT2D eigenvalue weighted by atomic mass is 32.2. The van der Waals surface area contributed by atoms with Crippen LogP contribution in [0.4, 0.5) is 0 Å². The average Bonchev–Trinajstić information content (AvgIpc) is 3.33. The second kappa shape index (κ2) is 7.43. The number of fused-ring (bicyclic) bond motifs is 1. The molecule has 146 valence electrons. The van der Waals surface area contributed by atoms with Crippen molar-refractivity contribution in [2.75, 3.05) is 0 Å². The number of para-hydroxylation sites is 1. The largest absolute Gasteiger partial charge is 0.370 e. The summed E-state index contributed by atoms with van der Waals surface area (Å²) in [5.74, 6) is 0.494. The second-order valence-electron chi connectivity index (χ2n) is 7.26. The number of nitrogens with zero attached hydrogens (tertiary/aromatic N) is 3. The van der Waals surface area contributed by atoms with E-state index in [1.807, 2.05) is 38.1 Å². The van der Waals surface area contributed by atoms with Crippen LogP contribution in [-0.4, -0.2) is 36.7 Å². The first kappa shape index (κ1) is 18.7. The van der Waals surface area contributed by atoms with E-state index in [1.165, 1.54) is 11.8 Å². The predicted octanol–water partition coefficient (Wildman–Crippen LogP) is 3.18. The molecule has 3 aromatic rings. The Bertz CT molecular complexity index is 1050. The minimum atomic E-state index is -0.349. The summed E-state index contributed by atoms with van der Waals surface area (Å²) in [5.41, 5.74) is 7.86. The van der Waals surface area contributed by atoms with Crippen LogP contribution in [0.15, 0.2) is 29.4 Å². The molecule has 1 aliphatic rings. The minimum absolute atomic E-state index is 0.0731. The van der Waals surface area contributed by atoms with Crippen LogP contribution in [0.25, 0.3) is 10.9 Å². The van der Waals surface area contributed by atoms with E-state index < -0.39 is 0 Å². The Kier molecular flexibility index (Phi) is 4.97. The lowest BCUT2D eigenvalue weighted by molar-refractivity contribution is -0.118. The molecule has 1 fully saturated rings. The average molecular weight is 398 g/mol. The lowest BCUT2D eigenvalue weighted by Gasteiger charge is -2.12. The van der Waals surface area contributed by atoms with Crippen molar-refractivity contribution in [3.8, 4) is 0 Å². The highest BCUT2D eigenvalue weighted by Gasteiger charge is 2.31. The standard InChI is InChI=1S/C20H23N5O2S/c1-11-18(14-5-3-4-6-15(14)22-11)19(27)12(2)28-20-24-23-17(10-9-16(21)26)25(20)13-7-8-13/h3-6,12-13,22H,7-10H2,1-2H3,(H2,21,26)/t12-/m0/s1. The number of Topliss-reactive ketones (excluding diaryl/α,β-unsaturated/α-hetero) is 1. The van der Waals surface area contributed by atoms with E-state index in [-0.39, 0.29) is 23.4 Å². The first-order valence-corrected chi connectivity index (χ1v) is 10.3. The Morgan fingerprint density at radius 2 is 2.07 bits per heavy atom. The lowest BCUT2D eigenvalue weighted by atomic mass is 10.1. The van der Waals surface area contributed by atoms with Crippen molar-refractivity contribution in [2.45, 2.75) is 56.0 Å². The molecule has 1 amide bonds. The Balaban J connectivity index is 1.58. The van der Waals surface area contributed by atoms with Crippen LogP contribution in [0.3, 0.4) is 0 Å². The quantitative estimate of drug-likeness (QED) is 0.448. The summed E-state index contributed by atoms with van der Waals surface area (Å²) in [6.07, 6.45) is 2.86. The maximum absolute atomic E-state index is 13.2. The van der Waals surface area contributed by atoms with Gasteiger partial charge in [-0.3, -0.25) is 9.59 Å². The van der Waals surface area contributed by atoms with E-state index in [0.717, 1.165) is 46.0 Å². The van der Waals surface area contributed by atoms with Crippen molar-refractivity contribution >= 4 is 34.4 Å². The summed E-state index contributed by atoms with van der Waals surface area (Å²) in [4.78, 5) is 27.6. The van der Waals surface area contributed by atoms with Gasteiger partial charge in [0.05, 0.1) is 5.25 Å². The second-order valence-corrected chi connectivity index (χ2v) is 8.57. The van der Waals surface area contributed by atoms with Crippen molar-refractivity contribution in [2.24, 2.45) is 5.73 Å². The summed E-state index contributed by atoms with van der Waals surface area (Å²) >= 11 is 1.43. The number of thioether (sulfide) groups is 1. The molecule has 0 spiro atoms. The fraction of sp³-hybridized carbons (Fsp3) is 0.400. The maximum Gasteiger partial charge on any atom is 0.217 e. The molecule has 2 heterocycles. The third-order valence-corrected chi connectivity index (χ3v) is 6.09. The minimum Gasteiger partial charge on any atom is -0.370 e. The summed E-state index contributed by atoms with van der Waals surface area (Å²) in [6.45, 7) is 3.84. The van der Waals surface area contributed by atoms with Gasteiger partial charge in [-0.2, -0.15) is 0 Å². The van der Waals surface area contributed by atoms with Crippen LogP contribution in [0.5, 0.6) is 0 Å². The Morgan fingerprint density at radius 3 is 2.79 bits per heavy atom. The van der Waals surface area contributed by atoms with E-state index in [0.29, 0.717) is 12.5 Å². The summed E-state index contributed by atoms with van der Waals surface area (Å²) in [6, 6.07) is 8.21. The van der Waals surface area contributed by atoms with Crippen molar-refractivity contribution in [3.05, 3.63) is 41.3 Å². The van der Waals surface area contributed by atoms with Gasteiger partial charge >= 0.3 is 0 Å². The zero-order valence-electron chi connectivity index (χ0n) is 15.9. The van der Waals surface area contributed by atoms with Gasteiger partial charge in [0, 0.05) is 41.0 Å². The third-order valence-electron chi connectivity index (χ3n) is 5.03. The number of carbonyl (C=O) groups is 2. The van der Waals surface area contributed by atoms with Gasteiger partial charge in [-0.1, -0.05) is 30.0 Å². The van der Waals surface area contributed by atoms with Crippen molar-refractivity contribution in [1.82, 2.24) is 19.7 Å². The SMILES string of the molecule is Cc1[nH]c2ccccc2c1C(=O)[C@H](C)Sc1nnc(CCC(N)=O)n1C1CC1. The first-order chi connectivity index (χ1) is 13.5. The number of nitrogens with one attached hydrogen (secondary N) is 1. The molecule has 1 aromatic carbocycles. The maximum atomic E-state index is 13.2. The number of aryl methyl sites for hydroxylation is 2. The van der Waals surface area contributed by atoms with Crippen LogP contribution in [0, 0.1) is 6.92 Å². The number of carbonyl (C=O) groups excluding carboxylic acids is 2. The van der Waals surface area contributed by atoms with Crippen molar-refractivity contribution < 1.29 is 9.59 Å². The van der Waals surface area contributed by atoms with E-state index in [9.17, 15) is 9.59 Å². The lowest BCUT2D eigenvalue weighted by Crippen LogP contribution is -2.16. The van der Waals surface area contributed by atoms with Crippen molar-refractivity contribution in [3.63, 3.8) is 0 Å². The van der Waals surface area contributed by atoms with Gasteiger partial charge in [0.1, 0.15) is 5.82 Å². The van der Waals surface area contributed by atoms with Crippen molar-refractivity contribution in [1.29, 1.82) is 0 Å². The zero-order valence-corrected chi connectivity index (χ0v) is 16.8. The number of hydrogen-bond donors (Lipinski definition) is 2. The number of rotatable bonds is 8. The molecule has 0 radical (unpaired) electrons. The molecular weight excluding hydrogens is 374 g/mol. The smallest absolute Gasteiger partial charge is 0.217 e. The van der Waals surface area contributed by atoms with Crippen LogP contribution in [0.1, 0.15) is 54.1 Å². The number of benzene rings is 1. The molecule has 0 bridgehead atoms. The van der Waals surface area contributed by atoms with Crippen LogP contribution in [-0.2, 0) is 11.2 Å². The highest BCUT2D eigenvalue weighted by Crippen LogP contribution is 2.40. The van der Waals surface area contributed by atoms with Crippen LogP contribution in [0.2, 0.25) is 0 Å². The molecule has 4 rings (SSSR count). The van der Waals surface area contributed by atoms with Gasteiger partial charge < -0.3 is 15.3 Å². The monoisotopic (exact) mass is 397 g/mol. The normalized spacial score (nSPS) is 15.1. The van der Waals surface area contributed by atoms with Crippen LogP contribution >= 0.6 is 11.8 Å². The topological polar surface area (TPSA) is 107 Å². The van der Waals surface area contributed by atoms with Gasteiger partial charge in [-0.05, 0) is 32.8 Å². The van der Waals surface area contributed by atoms with Gasteiger partial charge in [0.15, 0.2) is 10.9 Å². The Hall–Kier alpha value is -2.61. The van der Waals surface area contributed by atoms with E-state index in [1.54, 1.807) is 0 Å². The summed E-state index contributed by atoms with van der Waals surface area (Å²) in [7, 11) is 0. The van der Waals surface area contributed by atoms with Gasteiger partial charge in [-0.25, -0.2) is 0 Å². The molecule has 1 atom stereocenters. The summed E-state index contributed by atoms with van der Waals surface area (Å²) in [5, 5.41) is 9.95. The van der Waals surface area contributed by atoms with E-state index >= 15 is 0 Å². The number of aromatic amines is 1. The molecule has 1 aliphatic carbocycles. The molecule has 28 heavy (non-hydrogen) atoms. The molecule has 0 unspecified atom stereocenters. The number of nitrogens with two attached hydrogens (primary N) is 1. The van der Waals surface area contributed by atoms with E-state index in [4.69, 9.17) is 5.73 Å². The number of amides is 1. The fourth-order valence-corrected chi connectivity index (χ4v) is 4.50. The number of primary amides is 1. The molecule has 0 saturated heterocycles. The first-order valence-electron chi connectivity index (χ1n) is 9.46. The highest BCUT2D eigenvalue weighted by molar-refractivity contribution is 8.00. The zero-order chi connectivity index (χ0) is 19.8. The van der Waals surface area contributed by atoms with Gasteiger partial charge in [0.2, 0.25) is 5.91 Å². The number of H-pyrrole nitrogens is 1. The van der Waals surface area contributed by atoms with Gasteiger partial charge in [0.25, 0.3) is 0 Å². The molecule has 1 saturated carbocycles. The number of aromatic nitrogens is 4. The molecular formula is C20H23N5O2S. The molecule has 8 heteroatoms. The number of hydrogen-bond acceptors (Lipinski definition) is 5. The van der Waals surface area contributed by atoms with Crippen LogP contribution < -0.4 is 5.73 Å². The Morgan fingerprint density at radius 1 is 1.32 bits per heavy atom. The predicted molar refractivity (Wildman–Crippen MR) is 108 cm³/mol. The Labute approximate surface area is 167 Å². The third kappa shape index (κ3) is 3.56. The molecule has 0 aliphatic heterocycles. The van der Waals surface area contributed by atoms with Gasteiger partial charge in [-0.15, -0.1) is 10.2 Å². The number of ketones is 1.